The predicted octanol–water partition coefficient (Wildman–Crippen LogP) is 3.73. The standard InChI is InChI=1S/C19H16N4OS/c1-2-10-23-18(15-8-3-4-9-16(15)24)21-22-19(23)17(25)14-7-5-6-13(11-14)12-20/h2-9,11,17,24-25H,1,10H2. The summed E-state index contributed by atoms with van der Waals surface area (Å²) in [6, 6.07) is 16.3. The summed E-state index contributed by atoms with van der Waals surface area (Å²) in [6.07, 6.45) is 1.74. The molecule has 1 heterocycles. The van der Waals surface area contributed by atoms with Crippen LogP contribution < -0.4 is 0 Å². The Kier molecular flexibility index (Phi) is 4.87. The molecule has 0 saturated carbocycles. The fourth-order valence-electron chi connectivity index (χ4n) is 2.62. The summed E-state index contributed by atoms with van der Waals surface area (Å²) in [5.41, 5.74) is 2.01. The van der Waals surface area contributed by atoms with E-state index < -0.39 is 0 Å². The van der Waals surface area contributed by atoms with Crippen LogP contribution in [0.25, 0.3) is 11.4 Å². The average Bonchev–Trinajstić information content (AvgIpc) is 3.05. The number of hydrogen-bond donors (Lipinski definition) is 2. The smallest absolute Gasteiger partial charge is 0.168 e. The van der Waals surface area contributed by atoms with Crippen molar-refractivity contribution in [2.24, 2.45) is 0 Å². The van der Waals surface area contributed by atoms with Gasteiger partial charge >= 0.3 is 0 Å². The quantitative estimate of drug-likeness (QED) is 0.544. The number of phenolic OH excluding ortho intramolecular Hbond substituents is 1. The second-order valence-corrected chi connectivity index (χ2v) is 5.95. The molecule has 0 bridgehead atoms. The summed E-state index contributed by atoms with van der Waals surface area (Å²) < 4.78 is 1.86. The van der Waals surface area contributed by atoms with Crippen molar-refractivity contribution in [1.29, 1.82) is 5.26 Å². The zero-order valence-electron chi connectivity index (χ0n) is 13.4. The normalized spacial score (nSPS) is 11.7. The van der Waals surface area contributed by atoms with E-state index >= 15 is 0 Å². The van der Waals surface area contributed by atoms with Gasteiger partial charge in [0.05, 0.1) is 22.4 Å². The van der Waals surface area contributed by atoms with Crippen LogP contribution in [-0.2, 0) is 6.54 Å². The molecule has 0 aliphatic heterocycles. The first-order valence-corrected chi connectivity index (χ1v) is 8.18. The molecular weight excluding hydrogens is 332 g/mol. The molecule has 0 radical (unpaired) electrons. The molecule has 25 heavy (non-hydrogen) atoms. The van der Waals surface area contributed by atoms with E-state index in [2.05, 4.69) is 35.5 Å². The van der Waals surface area contributed by atoms with Gasteiger partial charge in [0.2, 0.25) is 0 Å². The van der Waals surface area contributed by atoms with E-state index in [-0.39, 0.29) is 11.0 Å². The van der Waals surface area contributed by atoms with Gasteiger partial charge in [0.25, 0.3) is 0 Å². The first-order valence-electron chi connectivity index (χ1n) is 7.66. The summed E-state index contributed by atoms with van der Waals surface area (Å²) in [7, 11) is 0. The van der Waals surface area contributed by atoms with Crippen LogP contribution in [0.1, 0.15) is 22.2 Å². The van der Waals surface area contributed by atoms with Crippen LogP contribution in [0.15, 0.2) is 61.2 Å². The highest BCUT2D eigenvalue weighted by molar-refractivity contribution is 7.80. The van der Waals surface area contributed by atoms with Crippen LogP contribution in [0, 0.1) is 11.3 Å². The van der Waals surface area contributed by atoms with Crippen molar-refractivity contribution in [3.05, 3.63) is 78.1 Å². The number of aromatic hydroxyl groups is 1. The van der Waals surface area contributed by atoms with E-state index in [4.69, 9.17) is 5.26 Å². The molecule has 124 valence electrons. The van der Waals surface area contributed by atoms with E-state index in [1.165, 1.54) is 0 Å². The lowest BCUT2D eigenvalue weighted by Gasteiger charge is -2.14. The van der Waals surface area contributed by atoms with Crippen molar-refractivity contribution < 1.29 is 5.11 Å². The molecular formula is C19H16N4OS. The number of thiol groups is 1. The predicted molar refractivity (Wildman–Crippen MR) is 99.3 cm³/mol. The number of para-hydroxylation sites is 1. The second-order valence-electron chi connectivity index (χ2n) is 5.44. The highest BCUT2D eigenvalue weighted by Gasteiger charge is 2.21. The molecule has 0 spiro atoms. The molecule has 1 aromatic heterocycles. The van der Waals surface area contributed by atoms with Crippen LogP contribution in [0.2, 0.25) is 0 Å². The number of nitrogens with zero attached hydrogens (tertiary/aromatic N) is 4. The fourth-order valence-corrected chi connectivity index (χ4v) is 2.97. The SMILES string of the molecule is C=CCn1c(-c2ccccc2O)nnc1C(S)c1cccc(C#N)c1. The van der Waals surface area contributed by atoms with Crippen LogP contribution in [0.5, 0.6) is 5.75 Å². The lowest BCUT2D eigenvalue weighted by atomic mass is 10.1. The zero-order valence-corrected chi connectivity index (χ0v) is 14.3. The molecule has 5 nitrogen and oxygen atoms in total. The third-order valence-electron chi connectivity index (χ3n) is 3.81. The first-order chi connectivity index (χ1) is 12.2. The van der Waals surface area contributed by atoms with Gasteiger partial charge in [-0.2, -0.15) is 17.9 Å². The van der Waals surface area contributed by atoms with Crippen LogP contribution >= 0.6 is 12.6 Å². The number of phenols is 1. The summed E-state index contributed by atoms with van der Waals surface area (Å²) in [5.74, 6) is 1.30. The molecule has 1 atom stereocenters. The molecule has 6 heteroatoms. The Labute approximate surface area is 151 Å². The van der Waals surface area contributed by atoms with E-state index in [1.54, 1.807) is 36.4 Å². The zero-order chi connectivity index (χ0) is 17.8. The van der Waals surface area contributed by atoms with Crippen molar-refractivity contribution in [3.63, 3.8) is 0 Å². The largest absolute Gasteiger partial charge is 0.507 e. The maximum atomic E-state index is 10.1. The van der Waals surface area contributed by atoms with Gasteiger partial charge in [-0.15, -0.1) is 16.8 Å². The number of allylic oxidation sites excluding steroid dienone is 1. The van der Waals surface area contributed by atoms with Crippen molar-refractivity contribution in [2.75, 3.05) is 0 Å². The highest BCUT2D eigenvalue weighted by Crippen LogP contribution is 2.33. The second kappa shape index (κ2) is 7.24. The molecule has 0 aliphatic carbocycles. The molecule has 0 fully saturated rings. The number of aromatic nitrogens is 3. The average molecular weight is 348 g/mol. The molecule has 1 unspecified atom stereocenters. The van der Waals surface area contributed by atoms with E-state index in [9.17, 15) is 5.11 Å². The lowest BCUT2D eigenvalue weighted by Crippen LogP contribution is -2.07. The van der Waals surface area contributed by atoms with Gasteiger partial charge in [-0.3, -0.25) is 0 Å². The van der Waals surface area contributed by atoms with Crippen molar-refractivity contribution in [2.45, 2.75) is 11.8 Å². The Hall–Kier alpha value is -3.04. The number of rotatable bonds is 5. The van der Waals surface area contributed by atoms with Crippen LogP contribution in [0.3, 0.4) is 0 Å². The van der Waals surface area contributed by atoms with Gasteiger partial charge in [0, 0.05) is 6.54 Å². The molecule has 0 amide bonds. The maximum absolute atomic E-state index is 10.1. The Morgan fingerprint density at radius 1 is 1.24 bits per heavy atom. The van der Waals surface area contributed by atoms with Crippen molar-refractivity contribution in [1.82, 2.24) is 14.8 Å². The van der Waals surface area contributed by atoms with Gasteiger partial charge in [-0.05, 0) is 29.8 Å². The van der Waals surface area contributed by atoms with E-state index in [1.807, 2.05) is 22.8 Å². The Bertz CT molecular complexity index is 958. The van der Waals surface area contributed by atoms with Gasteiger partial charge in [0.15, 0.2) is 11.6 Å². The minimum atomic E-state index is -0.361. The number of benzene rings is 2. The minimum absolute atomic E-state index is 0.133. The summed E-state index contributed by atoms with van der Waals surface area (Å²) in [6.45, 7) is 4.26. The minimum Gasteiger partial charge on any atom is -0.507 e. The number of nitriles is 1. The summed E-state index contributed by atoms with van der Waals surface area (Å²) in [4.78, 5) is 0. The molecule has 1 N–H and O–H groups in total. The van der Waals surface area contributed by atoms with Gasteiger partial charge in [-0.25, -0.2) is 0 Å². The van der Waals surface area contributed by atoms with E-state index in [0.29, 0.717) is 29.3 Å². The number of hydrogen-bond acceptors (Lipinski definition) is 5. The molecule has 3 aromatic rings. The Balaban J connectivity index is 2.09. The van der Waals surface area contributed by atoms with Crippen LogP contribution in [-0.4, -0.2) is 19.9 Å². The maximum Gasteiger partial charge on any atom is 0.168 e. The highest BCUT2D eigenvalue weighted by atomic mass is 32.1. The fraction of sp³-hybridized carbons (Fsp3) is 0.105. The van der Waals surface area contributed by atoms with Crippen molar-refractivity contribution in [3.8, 4) is 23.2 Å². The third-order valence-corrected chi connectivity index (χ3v) is 4.34. The van der Waals surface area contributed by atoms with Crippen LogP contribution in [0.4, 0.5) is 0 Å². The van der Waals surface area contributed by atoms with Gasteiger partial charge in [-0.1, -0.05) is 30.3 Å². The topological polar surface area (TPSA) is 74.7 Å². The monoisotopic (exact) mass is 348 g/mol. The molecule has 0 saturated heterocycles. The van der Waals surface area contributed by atoms with E-state index in [0.717, 1.165) is 5.56 Å². The van der Waals surface area contributed by atoms with Crippen molar-refractivity contribution >= 4 is 12.6 Å². The van der Waals surface area contributed by atoms with Gasteiger partial charge in [0.1, 0.15) is 5.75 Å². The summed E-state index contributed by atoms with van der Waals surface area (Å²) in [5, 5.41) is 27.4. The third kappa shape index (κ3) is 3.28. The molecule has 2 aromatic carbocycles. The molecule has 0 aliphatic rings. The first kappa shape index (κ1) is 16.8. The Morgan fingerprint density at radius 3 is 2.76 bits per heavy atom. The summed E-state index contributed by atoms with van der Waals surface area (Å²) >= 11 is 4.68. The van der Waals surface area contributed by atoms with Gasteiger partial charge < -0.3 is 9.67 Å². The Morgan fingerprint density at radius 2 is 2.04 bits per heavy atom. The lowest BCUT2D eigenvalue weighted by molar-refractivity contribution is 0.476. The molecule has 3 rings (SSSR count).